The number of nitrogens with zero attached hydrogens (tertiary/aromatic N) is 3. The SMILES string of the molecule is COc1cccc2c(C(=O)N(C)C)nc(C(C)C)n12. The van der Waals surface area contributed by atoms with Gasteiger partial charge >= 0.3 is 0 Å². The van der Waals surface area contributed by atoms with Crippen LogP contribution in [-0.4, -0.2) is 41.4 Å². The molecule has 0 saturated heterocycles. The first kappa shape index (κ1) is 13.4. The number of hydrogen-bond donors (Lipinski definition) is 0. The van der Waals surface area contributed by atoms with Crippen LogP contribution >= 0.6 is 0 Å². The van der Waals surface area contributed by atoms with Gasteiger partial charge in [0, 0.05) is 20.0 Å². The number of aromatic nitrogens is 2. The number of ether oxygens (including phenoxy) is 1. The Labute approximate surface area is 112 Å². The van der Waals surface area contributed by atoms with Gasteiger partial charge in [0.15, 0.2) is 11.6 Å². The number of amides is 1. The summed E-state index contributed by atoms with van der Waals surface area (Å²) in [5, 5.41) is 0. The third-order valence-electron chi connectivity index (χ3n) is 2.99. The monoisotopic (exact) mass is 261 g/mol. The van der Waals surface area contributed by atoms with Crippen LogP contribution in [0.5, 0.6) is 5.88 Å². The Hall–Kier alpha value is -2.04. The largest absolute Gasteiger partial charge is 0.482 e. The summed E-state index contributed by atoms with van der Waals surface area (Å²) >= 11 is 0. The fourth-order valence-electron chi connectivity index (χ4n) is 2.05. The van der Waals surface area contributed by atoms with Gasteiger partial charge in [0.1, 0.15) is 5.82 Å². The summed E-state index contributed by atoms with van der Waals surface area (Å²) in [5.74, 6) is 1.62. The molecule has 0 aliphatic heterocycles. The molecule has 5 heteroatoms. The smallest absolute Gasteiger partial charge is 0.274 e. The van der Waals surface area contributed by atoms with Crippen molar-refractivity contribution in [3.63, 3.8) is 0 Å². The van der Waals surface area contributed by atoms with E-state index in [1.165, 1.54) is 4.90 Å². The Kier molecular flexibility index (Phi) is 3.46. The van der Waals surface area contributed by atoms with Crippen molar-refractivity contribution in [1.29, 1.82) is 0 Å². The molecule has 0 radical (unpaired) electrons. The van der Waals surface area contributed by atoms with Crippen LogP contribution in [0.3, 0.4) is 0 Å². The van der Waals surface area contributed by atoms with Gasteiger partial charge in [0.05, 0.1) is 12.6 Å². The molecular formula is C14H19N3O2. The highest BCUT2D eigenvalue weighted by atomic mass is 16.5. The second-order valence-electron chi connectivity index (χ2n) is 4.96. The first-order chi connectivity index (χ1) is 8.97. The lowest BCUT2D eigenvalue weighted by atomic mass is 10.2. The summed E-state index contributed by atoms with van der Waals surface area (Å²) in [6.45, 7) is 4.09. The zero-order valence-corrected chi connectivity index (χ0v) is 12.0. The van der Waals surface area contributed by atoms with E-state index in [-0.39, 0.29) is 11.8 Å². The average molecular weight is 261 g/mol. The van der Waals surface area contributed by atoms with E-state index >= 15 is 0 Å². The Balaban J connectivity index is 2.78. The van der Waals surface area contributed by atoms with Crippen molar-refractivity contribution < 1.29 is 9.53 Å². The number of hydrogen-bond acceptors (Lipinski definition) is 3. The standard InChI is InChI=1S/C14H19N3O2/c1-9(2)13-15-12(14(18)16(3)4)10-7-6-8-11(19-5)17(10)13/h6-9H,1-5H3. The van der Waals surface area contributed by atoms with E-state index in [2.05, 4.69) is 4.98 Å². The van der Waals surface area contributed by atoms with Gasteiger partial charge < -0.3 is 9.64 Å². The fourth-order valence-corrected chi connectivity index (χ4v) is 2.05. The van der Waals surface area contributed by atoms with E-state index in [1.807, 2.05) is 36.4 Å². The highest BCUT2D eigenvalue weighted by Crippen LogP contribution is 2.25. The molecule has 102 valence electrons. The van der Waals surface area contributed by atoms with Crippen LogP contribution in [0.4, 0.5) is 0 Å². The predicted octanol–water partition coefficient (Wildman–Crippen LogP) is 2.17. The molecule has 1 amide bonds. The lowest BCUT2D eigenvalue weighted by Gasteiger charge is -2.09. The minimum absolute atomic E-state index is 0.0994. The lowest BCUT2D eigenvalue weighted by molar-refractivity contribution is 0.0824. The van der Waals surface area contributed by atoms with Crippen LogP contribution < -0.4 is 4.74 Å². The van der Waals surface area contributed by atoms with Gasteiger partial charge in [0.2, 0.25) is 0 Å². The van der Waals surface area contributed by atoms with Gasteiger partial charge in [-0.25, -0.2) is 4.98 Å². The van der Waals surface area contributed by atoms with Crippen LogP contribution in [0.25, 0.3) is 5.52 Å². The molecule has 0 atom stereocenters. The van der Waals surface area contributed by atoms with Crippen molar-refractivity contribution in [2.75, 3.05) is 21.2 Å². The molecule has 0 aliphatic rings. The molecule has 0 aromatic carbocycles. The Morgan fingerprint density at radius 3 is 2.58 bits per heavy atom. The van der Waals surface area contributed by atoms with Crippen molar-refractivity contribution in [3.8, 4) is 5.88 Å². The van der Waals surface area contributed by atoms with E-state index in [4.69, 9.17) is 4.74 Å². The maximum Gasteiger partial charge on any atom is 0.274 e. The molecule has 0 unspecified atom stereocenters. The molecule has 0 spiro atoms. The van der Waals surface area contributed by atoms with Crippen molar-refractivity contribution in [1.82, 2.24) is 14.3 Å². The molecule has 19 heavy (non-hydrogen) atoms. The summed E-state index contributed by atoms with van der Waals surface area (Å²) in [6.07, 6.45) is 0. The molecule has 0 N–H and O–H groups in total. The van der Waals surface area contributed by atoms with Crippen molar-refractivity contribution in [3.05, 3.63) is 29.7 Å². The number of methoxy groups -OCH3 is 1. The van der Waals surface area contributed by atoms with E-state index in [0.717, 1.165) is 11.3 Å². The molecule has 2 aromatic heterocycles. The fraction of sp³-hybridized carbons (Fsp3) is 0.429. The molecule has 2 rings (SSSR count). The third-order valence-corrected chi connectivity index (χ3v) is 2.99. The normalized spacial score (nSPS) is 11.1. The van der Waals surface area contributed by atoms with Gasteiger partial charge in [0.25, 0.3) is 5.91 Å². The number of fused-ring (bicyclic) bond motifs is 1. The van der Waals surface area contributed by atoms with Crippen LogP contribution in [0.1, 0.15) is 36.1 Å². The van der Waals surface area contributed by atoms with Gasteiger partial charge in [-0.2, -0.15) is 0 Å². The molecule has 0 bridgehead atoms. The third kappa shape index (κ3) is 2.16. The molecule has 5 nitrogen and oxygen atoms in total. The van der Waals surface area contributed by atoms with Crippen LogP contribution in [-0.2, 0) is 0 Å². The van der Waals surface area contributed by atoms with Crippen molar-refractivity contribution in [2.45, 2.75) is 19.8 Å². The topological polar surface area (TPSA) is 46.8 Å². The first-order valence-electron chi connectivity index (χ1n) is 6.24. The zero-order chi connectivity index (χ0) is 14.2. The quantitative estimate of drug-likeness (QED) is 0.850. The minimum atomic E-state index is -0.0994. The predicted molar refractivity (Wildman–Crippen MR) is 73.9 cm³/mol. The van der Waals surface area contributed by atoms with Gasteiger partial charge in [-0.3, -0.25) is 9.20 Å². The van der Waals surface area contributed by atoms with Gasteiger partial charge in [-0.15, -0.1) is 0 Å². The Morgan fingerprint density at radius 2 is 2.05 bits per heavy atom. The van der Waals surface area contributed by atoms with Crippen LogP contribution in [0.15, 0.2) is 18.2 Å². The molecule has 2 heterocycles. The summed E-state index contributed by atoms with van der Waals surface area (Å²) in [6, 6.07) is 5.62. The molecule has 0 saturated carbocycles. The summed E-state index contributed by atoms with van der Waals surface area (Å²) in [5.41, 5.74) is 1.24. The number of carbonyl (C=O) groups excluding carboxylic acids is 1. The Bertz CT molecular complexity index is 614. The number of pyridine rings is 1. The second kappa shape index (κ2) is 4.91. The summed E-state index contributed by atoms with van der Waals surface area (Å²) in [7, 11) is 5.07. The maximum atomic E-state index is 12.2. The number of imidazole rings is 1. The lowest BCUT2D eigenvalue weighted by Crippen LogP contribution is -2.22. The van der Waals surface area contributed by atoms with Crippen molar-refractivity contribution >= 4 is 11.4 Å². The van der Waals surface area contributed by atoms with Gasteiger partial charge in [-0.05, 0) is 12.1 Å². The Morgan fingerprint density at radius 1 is 1.37 bits per heavy atom. The molecule has 0 fully saturated rings. The molecular weight excluding hydrogens is 242 g/mol. The zero-order valence-electron chi connectivity index (χ0n) is 12.0. The van der Waals surface area contributed by atoms with Gasteiger partial charge in [-0.1, -0.05) is 19.9 Å². The van der Waals surface area contributed by atoms with E-state index in [9.17, 15) is 4.79 Å². The number of carbonyl (C=O) groups is 1. The van der Waals surface area contributed by atoms with E-state index in [1.54, 1.807) is 21.2 Å². The van der Waals surface area contributed by atoms with Crippen LogP contribution in [0, 0.1) is 0 Å². The average Bonchev–Trinajstić information content (AvgIpc) is 2.77. The van der Waals surface area contributed by atoms with Crippen molar-refractivity contribution in [2.24, 2.45) is 0 Å². The number of rotatable bonds is 3. The summed E-state index contributed by atoms with van der Waals surface area (Å²) in [4.78, 5) is 18.2. The van der Waals surface area contributed by atoms with Crippen LogP contribution in [0.2, 0.25) is 0 Å². The summed E-state index contributed by atoms with van der Waals surface area (Å²) < 4.78 is 7.27. The first-order valence-corrected chi connectivity index (χ1v) is 6.24. The highest BCUT2D eigenvalue weighted by molar-refractivity contribution is 5.99. The molecule has 2 aromatic rings. The highest BCUT2D eigenvalue weighted by Gasteiger charge is 2.21. The minimum Gasteiger partial charge on any atom is -0.482 e. The van der Waals surface area contributed by atoms with E-state index in [0.29, 0.717) is 11.6 Å². The maximum absolute atomic E-state index is 12.2. The van der Waals surface area contributed by atoms with E-state index < -0.39 is 0 Å². The molecule has 0 aliphatic carbocycles. The second-order valence-corrected chi connectivity index (χ2v) is 4.96.